The van der Waals surface area contributed by atoms with Crippen LogP contribution in [0.4, 0.5) is 0 Å². The zero-order chi connectivity index (χ0) is 76.6. The number of carbonyl (C=O) groups excluding carboxylic acids is 3. The highest BCUT2D eigenvalue weighted by Crippen LogP contribution is 2.45. The molecule has 0 aromatic carbocycles. The summed E-state index contributed by atoms with van der Waals surface area (Å²) in [4.78, 5) is 58.6. The maximum atomic E-state index is 12.9. The van der Waals surface area contributed by atoms with Crippen LogP contribution in [0.2, 0.25) is 0 Å². The van der Waals surface area contributed by atoms with E-state index in [1.54, 1.807) is 0 Å². The minimum atomic E-state index is -4.94. The smallest absolute Gasteiger partial charge is 0.463 e. The summed E-state index contributed by atoms with van der Waals surface area (Å²) < 4.78 is 61.1. The lowest BCUT2D eigenvalue weighted by molar-refractivity contribution is -0.161. The molecule has 18 heteroatoms. The largest absolute Gasteiger partial charge is 0.472 e. The standard InChI is InChI=1S/C87H148O16P2/c1-4-7-10-13-16-19-22-25-27-29-31-33-35-36-37-38-39-40-41-42-43-44-46-48-49-51-53-56-58-61-64-67-70-73-85(90)97-76-82(88)77-99-104(93,94)100-78-83(89)79-101-105(95,96)102-81-84(103-87(92)75-72-69-66-63-60-55-24-21-18-15-12-9-6-3)80-98-86(91)74-71-68-65-62-59-57-54-52-50-47-45-34-32-30-28-26-23-20-17-14-11-8-5-2/h8,11-12,15-17,19-21,24-28,31-34,36-37,47,50,54,57,82-84,88-89H,4-7,9-10,13-14,18,22-23,29-30,35,38-46,48-49,51-53,55-56,58-81H2,1-3H3,(H,93,94)(H,95,96)/b11-8-,15-12-,19-16-,20-17-,24-21-,27-25-,28-26-,33-31-,34-32-,37-36-,50-47-,57-54-. The molecule has 0 rings (SSSR count). The summed E-state index contributed by atoms with van der Waals surface area (Å²) in [6, 6.07) is 0. The third kappa shape index (κ3) is 80.3. The topological polar surface area (TPSA) is 231 Å². The number of phosphoric acid groups is 2. The maximum absolute atomic E-state index is 12.9. The van der Waals surface area contributed by atoms with Crippen molar-refractivity contribution in [3.63, 3.8) is 0 Å². The van der Waals surface area contributed by atoms with Crippen LogP contribution in [-0.4, -0.2) is 95.9 Å². The Labute approximate surface area is 638 Å². The number of hydrogen-bond acceptors (Lipinski definition) is 14. The van der Waals surface area contributed by atoms with Gasteiger partial charge < -0.3 is 34.2 Å². The fourth-order valence-corrected chi connectivity index (χ4v) is 12.4. The van der Waals surface area contributed by atoms with Crippen molar-refractivity contribution in [1.82, 2.24) is 0 Å². The molecule has 0 aliphatic carbocycles. The number of unbranched alkanes of at least 4 members (excludes halogenated alkanes) is 30. The van der Waals surface area contributed by atoms with Gasteiger partial charge in [0.15, 0.2) is 6.10 Å². The normalized spacial score (nSPS) is 14.7. The molecule has 0 heterocycles. The first-order valence-electron chi connectivity index (χ1n) is 41.1. The van der Waals surface area contributed by atoms with E-state index in [0.29, 0.717) is 19.3 Å². The van der Waals surface area contributed by atoms with Gasteiger partial charge in [-0.05, 0) is 141 Å². The summed E-state index contributed by atoms with van der Waals surface area (Å²) in [5.74, 6) is -1.62. The van der Waals surface area contributed by atoms with Crippen LogP contribution in [0.3, 0.4) is 0 Å². The molecule has 0 aromatic rings. The molecule has 602 valence electrons. The SMILES string of the molecule is CC/C=C\C/C=C\C/C=C\C/C=C\C/C=C\C/C=C\CCCCCCC(=O)OCC(COP(=O)(O)OCC(O)COP(=O)(O)OCC(O)COC(=O)CCCCCCCCCCCCCCCCCCC/C=C\C/C=C\C/C=C\C/C=C\CCCCC)OC(=O)CCCCCCC/C=C\C/C=C\CCC. The van der Waals surface area contributed by atoms with Crippen LogP contribution in [0.15, 0.2) is 146 Å². The molecular formula is C87H148O16P2. The second kappa shape index (κ2) is 79.0. The Morgan fingerprint density at radius 1 is 0.276 bits per heavy atom. The Morgan fingerprint density at radius 2 is 0.524 bits per heavy atom. The summed E-state index contributed by atoms with van der Waals surface area (Å²) in [5, 5.41) is 20.6. The Morgan fingerprint density at radius 3 is 0.838 bits per heavy atom. The first-order chi connectivity index (χ1) is 51.2. The van der Waals surface area contributed by atoms with Crippen LogP contribution >= 0.6 is 15.6 Å². The number of aliphatic hydroxyl groups excluding tert-OH is 2. The molecular weight excluding hydrogens is 1360 g/mol. The van der Waals surface area contributed by atoms with Crippen LogP contribution in [0.25, 0.3) is 0 Å². The summed E-state index contributed by atoms with van der Waals surface area (Å²) in [5.41, 5.74) is 0. The van der Waals surface area contributed by atoms with E-state index in [4.69, 9.17) is 32.3 Å². The monoisotopic (exact) mass is 1510 g/mol. The van der Waals surface area contributed by atoms with Gasteiger partial charge in [0, 0.05) is 19.3 Å². The van der Waals surface area contributed by atoms with Crippen molar-refractivity contribution in [2.24, 2.45) is 0 Å². The number of ether oxygens (including phenoxy) is 3. The lowest BCUT2D eigenvalue weighted by Gasteiger charge is -2.21. The molecule has 105 heavy (non-hydrogen) atoms. The van der Waals surface area contributed by atoms with E-state index in [1.807, 2.05) is 0 Å². The average Bonchev–Trinajstić information content (AvgIpc) is 0.914. The van der Waals surface area contributed by atoms with E-state index in [2.05, 4.69) is 167 Å². The molecule has 0 bridgehead atoms. The molecule has 0 aliphatic heterocycles. The van der Waals surface area contributed by atoms with E-state index < -0.39 is 91.5 Å². The second-order valence-electron chi connectivity index (χ2n) is 27.2. The third-order valence-electron chi connectivity index (χ3n) is 17.0. The molecule has 4 N–H and O–H groups in total. The Kier molecular flexibility index (Phi) is 75.6. The van der Waals surface area contributed by atoms with Gasteiger partial charge in [-0.1, -0.05) is 314 Å². The minimum absolute atomic E-state index is 0.0784. The van der Waals surface area contributed by atoms with E-state index in [-0.39, 0.29) is 19.3 Å². The molecule has 0 amide bonds. The van der Waals surface area contributed by atoms with Gasteiger partial charge in [-0.3, -0.25) is 32.5 Å². The molecule has 0 radical (unpaired) electrons. The molecule has 0 spiro atoms. The number of aliphatic hydroxyl groups is 2. The van der Waals surface area contributed by atoms with Gasteiger partial charge in [-0.2, -0.15) is 0 Å². The van der Waals surface area contributed by atoms with E-state index >= 15 is 0 Å². The molecule has 0 fully saturated rings. The van der Waals surface area contributed by atoms with Crippen molar-refractivity contribution in [2.75, 3.05) is 39.6 Å². The molecule has 0 aliphatic rings. The highest BCUT2D eigenvalue weighted by molar-refractivity contribution is 7.47. The van der Waals surface area contributed by atoms with Crippen LogP contribution in [-0.2, 0) is 55.8 Å². The Balaban J connectivity index is 4.45. The van der Waals surface area contributed by atoms with Crippen LogP contribution in [0.5, 0.6) is 0 Å². The van der Waals surface area contributed by atoms with Gasteiger partial charge in [0.1, 0.15) is 25.4 Å². The lowest BCUT2D eigenvalue weighted by atomic mass is 10.0. The number of hydrogen-bond donors (Lipinski definition) is 4. The van der Waals surface area contributed by atoms with Gasteiger partial charge in [-0.15, -0.1) is 0 Å². The molecule has 0 aromatic heterocycles. The van der Waals surface area contributed by atoms with Crippen molar-refractivity contribution in [3.05, 3.63) is 146 Å². The zero-order valence-corrected chi connectivity index (χ0v) is 67.6. The van der Waals surface area contributed by atoms with E-state index in [0.717, 1.165) is 154 Å². The fourth-order valence-electron chi connectivity index (χ4n) is 10.8. The van der Waals surface area contributed by atoms with E-state index in [1.165, 1.54) is 116 Å². The minimum Gasteiger partial charge on any atom is -0.463 e. The number of phosphoric ester groups is 2. The number of esters is 3. The number of allylic oxidation sites excluding steroid dienone is 24. The fraction of sp³-hybridized carbons (Fsp3) is 0.690. The maximum Gasteiger partial charge on any atom is 0.472 e. The average molecular weight is 1510 g/mol. The first-order valence-corrected chi connectivity index (χ1v) is 44.1. The Bertz CT molecular complexity index is 2490. The van der Waals surface area contributed by atoms with Gasteiger partial charge in [-0.25, -0.2) is 9.13 Å². The first kappa shape index (κ1) is 100. The molecule has 5 unspecified atom stereocenters. The number of rotatable bonds is 77. The molecule has 0 saturated heterocycles. The highest BCUT2D eigenvalue weighted by atomic mass is 31.2. The third-order valence-corrected chi connectivity index (χ3v) is 18.9. The molecule has 0 saturated carbocycles. The van der Waals surface area contributed by atoms with Gasteiger partial charge in [0.05, 0.1) is 26.4 Å². The van der Waals surface area contributed by atoms with Crippen molar-refractivity contribution in [1.29, 1.82) is 0 Å². The summed E-state index contributed by atoms with van der Waals surface area (Å²) in [6.07, 6.45) is 97.7. The molecule has 5 atom stereocenters. The van der Waals surface area contributed by atoms with Crippen molar-refractivity contribution in [2.45, 2.75) is 347 Å². The van der Waals surface area contributed by atoms with Gasteiger partial charge >= 0.3 is 33.6 Å². The summed E-state index contributed by atoms with van der Waals surface area (Å²) in [6.45, 7) is 2.43. The number of carbonyl (C=O) groups is 3. The molecule has 16 nitrogen and oxygen atoms in total. The quantitative estimate of drug-likeness (QED) is 0.0146. The second-order valence-corrected chi connectivity index (χ2v) is 30.1. The van der Waals surface area contributed by atoms with Crippen LogP contribution in [0.1, 0.15) is 329 Å². The predicted octanol–water partition coefficient (Wildman–Crippen LogP) is 24.4. The lowest BCUT2D eigenvalue weighted by Crippen LogP contribution is -2.30. The van der Waals surface area contributed by atoms with E-state index in [9.17, 15) is 43.5 Å². The van der Waals surface area contributed by atoms with Crippen molar-refractivity contribution < 1.29 is 75.8 Å². The Hall–Kier alpha value is -4.57. The summed E-state index contributed by atoms with van der Waals surface area (Å²) >= 11 is 0. The van der Waals surface area contributed by atoms with Crippen LogP contribution < -0.4 is 0 Å². The zero-order valence-electron chi connectivity index (χ0n) is 65.9. The van der Waals surface area contributed by atoms with Crippen molar-refractivity contribution >= 4 is 33.6 Å². The van der Waals surface area contributed by atoms with Gasteiger partial charge in [0.2, 0.25) is 0 Å². The van der Waals surface area contributed by atoms with Crippen molar-refractivity contribution in [3.8, 4) is 0 Å². The van der Waals surface area contributed by atoms with Gasteiger partial charge in [0.25, 0.3) is 0 Å². The highest BCUT2D eigenvalue weighted by Gasteiger charge is 2.29. The summed E-state index contributed by atoms with van der Waals surface area (Å²) in [7, 11) is -9.80. The van der Waals surface area contributed by atoms with Crippen LogP contribution in [0, 0.1) is 0 Å². The predicted molar refractivity (Wildman–Crippen MR) is 436 cm³/mol.